The van der Waals surface area contributed by atoms with Gasteiger partial charge in [-0.05, 0) is 37.3 Å². The second-order valence-electron chi connectivity index (χ2n) is 3.56. The first-order valence-corrected chi connectivity index (χ1v) is 6.06. The van der Waals surface area contributed by atoms with E-state index in [0.29, 0.717) is 6.04 Å². The van der Waals surface area contributed by atoms with E-state index >= 15 is 0 Å². The first-order valence-electron chi connectivity index (χ1n) is 5.01. The Bertz CT molecular complexity index is 93.8. The molecule has 1 atom stereocenters. The number of nitrogens with one attached hydrogen (secondary N) is 1. The summed E-state index contributed by atoms with van der Waals surface area (Å²) >= 11 is 2.05. The van der Waals surface area contributed by atoms with E-state index in [9.17, 15) is 0 Å². The zero-order valence-electron chi connectivity index (χ0n) is 8.89. The van der Waals surface area contributed by atoms with Gasteiger partial charge in [0.15, 0.2) is 0 Å². The van der Waals surface area contributed by atoms with Gasteiger partial charge in [0.05, 0.1) is 0 Å². The van der Waals surface area contributed by atoms with Crippen LogP contribution in [0.25, 0.3) is 0 Å². The molecule has 0 saturated carbocycles. The van der Waals surface area contributed by atoms with Crippen molar-refractivity contribution in [3.8, 4) is 0 Å². The molecule has 0 radical (unpaired) electrons. The Morgan fingerprint density at radius 1 is 1.25 bits per heavy atom. The van der Waals surface area contributed by atoms with Gasteiger partial charge in [-0.3, -0.25) is 0 Å². The van der Waals surface area contributed by atoms with Crippen molar-refractivity contribution in [2.45, 2.75) is 51.8 Å². The third-order valence-corrected chi connectivity index (χ3v) is 2.88. The van der Waals surface area contributed by atoms with Crippen LogP contribution in [-0.2, 0) is 0 Å². The molecule has 12 heavy (non-hydrogen) atoms. The van der Waals surface area contributed by atoms with Crippen molar-refractivity contribution in [2.75, 3.05) is 12.3 Å². The molecule has 0 heterocycles. The molecule has 0 saturated heterocycles. The van der Waals surface area contributed by atoms with Crippen molar-refractivity contribution in [1.29, 1.82) is 0 Å². The van der Waals surface area contributed by atoms with E-state index in [4.69, 9.17) is 0 Å². The van der Waals surface area contributed by atoms with Crippen LogP contribution in [-0.4, -0.2) is 23.6 Å². The quantitative estimate of drug-likeness (QED) is 0.661. The van der Waals surface area contributed by atoms with E-state index in [0.717, 1.165) is 11.8 Å². The number of rotatable bonds is 7. The minimum absolute atomic E-state index is 0.691. The molecule has 1 unspecified atom stereocenters. The Balaban J connectivity index is 3.13. The molecule has 74 valence electrons. The molecular weight excluding hydrogens is 166 g/mol. The summed E-state index contributed by atoms with van der Waals surface area (Å²) in [6.45, 7) is 10.2. The maximum Gasteiger partial charge on any atom is 0.00465 e. The summed E-state index contributed by atoms with van der Waals surface area (Å²) in [6, 6.07) is 0.691. The Morgan fingerprint density at radius 2 is 1.92 bits per heavy atom. The molecule has 0 aromatic rings. The second kappa shape index (κ2) is 7.93. The van der Waals surface area contributed by atoms with Gasteiger partial charge in [0.1, 0.15) is 0 Å². The van der Waals surface area contributed by atoms with Crippen molar-refractivity contribution < 1.29 is 0 Å². The lowest BCUT2D eigenvalue weighted by molar-refractivity contribution is 0.536. The Labute approximate surface area is 81.7 Å². The molecule has 0 rings (SSSR count). The Kier molecular flexibility index (Phi) is 8.14. The van der Waals surface area contributed by atoms with Gasteiger partial charge in [0, 0.05) is 6.04 Å². The first kappa shape index (κ1) is 12.3. The lowest BCUT2D eigenvalue weighted by Crippen LogP contribution is -2.27. The maximum absolute atomic E-state index is 3.49. The topological polar surface area (TPSA) is 12.0 Å². The lowest BCUT2D eigenvalue weighted by atomic mass is 10.2. The Morgan fingerprint density at radius 3 is 2.42 bits per heavy atom. The van der Waals surface area contributed by atoms with Crippen molar-refractivity contribution in [2.24, 2.45) is 0 Å². The summed E-state index contributed by atoms with van der Waals surface area (Å²) in [5, 5.41) is 4.27. The summed E-state index contributed by atoms with van der Waals surface area (Å²) in [6.07, 6.45) is 2.53. The zero-order valence-corrected chi connectivity index (χ0v) is 9.71. The van der Waals surface area contributed by atoms with Crippen LogP contribution in [0.5, 0.6) is 0 Å². The maximum atomic E-state index is 3.49. The predicted molar refractivity (Wildman–Crippen MR) is 60.0 cm³/mol. The van der Waals surface area contributed by atoms with Gasteiger partial charge >= 0.3 is 0 Å². The minimum atomic E-state index is 0.691. The molecule has 0 aliphatic carbocycles. The number of hydrogen-bond donors (Lipinski definition) is 1. The zero-order chi connectivity index (χ0) is 9.40. The SMILES string of the molecule is CCCNC(C)CCSC(C)C. The van der Waals surface area contributed by atoms with Crippen LogP contribution in [0.1, 0.15) is 40.5 Å². The monoisotopic (exact) mass is 189 g/mol. The van der Waals surface area contributed by atoms with Crippen LogP contribution in [0.3, 0.4) is 0 Å². The fourth-order valence-corrected chi connectivity index (χ4v) is 1.93. The van der Waals surface area contributed by atoms with E-state index in [1.807, 2.05) is 0 Å². The standard InChI is InChI=1S/C10H23NS/c1-5-7-11-10(4)6-8-12-9(2)3/h9-11H,5-8H2,1-4H3. The fraction of sp³-hybridized carbons (Fsp3) is 1.00. The van der Waals surface area contributed by atoms with Crippen molar-refractivity contribution in [3.63, 3.8) is 0 Å². The van der Waals surface area contributed by atoms with Crippen molar-refractivity contribution in [3.05, 3.63) is 0 Å². The van der Waals surface area contributed by atoms with Gasteiger partial charge in [0.2, 0.25) is 0 Å². The van der Waals surface area contributed by atoms with Crippen LogP contribution in [0, 0.1) is 0 Å². The molecule has 0 aromatic carbocycles. The largest absolute Gasteiger partial charge is 0.314 e. The highest BCUT2D eigenvalue weighted by molar-refractivity contribution is 7.99. The lowest BCUT2D eigenvalue weighted by Gasteiger charge is -2.13. The van der Waals surface area contributed by atoms with E-state index in [2.05, 4.69) is 44.8 Å². The first-order chi connectivity index (χ1) is 5.66. The van der Waals surface area contributed by atoms with Gasteiger partial charge < -0.3 is 5.32 Å². The summed E-state index contributed by atoms with van der Waals surface area (Å²) in [5.41, 5.74) is 0. The van der Waals surface area contributed by atoms with E-state index < -0.39 is 0 Å². The molecule has 1 nitrogen and oxygen atoms in total. The third kappa shape index (κ3) is 8.41. The normalized spacial score (nSPS) is 13.8. The van der Waals surface area contributed by atoms with Gasteiger partial charge in [-0.2, -0.15) is 11.8 Å². The highest BCUT2D eigenvalue weighted by Gasteiger charge is 2.00. The Hall–Kier alpha value is 0.310. The third-order valence-electron chi connectivity index (χ3n) is 1.74. The van der Waals surface area contributed by atoms with Gasteiger partial charge in [-0.1, -0.05) is 20.8 Å². The van der Waals surface area contributed by atoms with Gasteiger partial charge in [0.25, 0.3) is 0 Å². The molecule has 0 aromatic heterocycles. The summed E-state index contributed by atoms with van der Waals surface area (Å²) in [4.78, 5) is 0. The highest BCUT2D eigenvalue weighted by atomic mass is 32.2. The van der Waals surface area contributed by atoms with Crippen LogP contribution in [0.15, 0.2) is 0 Å². The van der Waals surface area contributed by atoms with Crippen LogP contribution < -0.4 is 5.32 Å². The molecule has 0 aliphatic heterocycles. The van der Waals surface area contributed by atoms with Crippen LogP contribution in [0.2, 0.25) is 0 Å². The molecule has 0 spiro atoms. The number of thioether (sulfide) groups is 1. The smallest absolute Gasteiger partial charge is 0.00465 e. The highest BCUT2D eigenvalue weighted by Crippen LogP contribution is 2.11. The van der Waals surface area contributed by atoms with Crippen LogP contribution in [0.4, 0.5) is 0 Å². The molecule has 2 heteroatoms. The molecule has 0 bridgehead atoms. The summed E-state index contributed by atoms with van der Waals surface area (Å²) in [5.74, 6) is 1.29. The number of hydrogen-bond acceptors (Lipinski definition) is 2. The van der Waals surface area contributed by atoms with Gasteiger partial charge in [-0.15, -0.1) is 0 Å². The predicted octanol–water partition coefficient (Wildman–Crippen LogP) is 2.91. The van der Waals surface area contributed by atoms with Crippen molar-refractivity contribution >= 4 is 11.8 Å². The fourth-order valence-electron chi connectivity index (χ4n) is 0.973. The van der Waals surface area contributed by atoms with Crippen LogP contribution >= 0.6 is 11.8 Å². The summed E-state index contributed by atoms with van der Waals surface area (Å²) in [7, 11) is 0. The van der Waals surface area contributed by atoms with E-state index in [1.165, 1.54) is 18.6 Å². The average molecular weight is 189 g/mol. The molecule has 0 amide bonds. The molecular formula is C10H23NS. The molecule has 1 N–H and O–H groups in total. The average Bonchev–Trinajstić information content (AvgIpc) is 2.00. The second-order valence-corrected chi connectivity index (χ2v) is 5.25. The minimum Gasteiger partial charge on any atom is -0.314 e. The molecule has 0 aliphatic rings. The summed E-state index contributed by atoms with van der Waals surface area (Å²) < 4.78 is 0. The van der Waals surface area contributed by atoms with E-state index in [-0.39, 0.29) is 0 Å². The molecule has 0 fully saturated rings. The van der Waals surface area contributed by atoms with Crippen molar-refractivity contribution in [1.82, 2.24) is 5.32 Å². The van der Waals surface area contributed by atoms with Gasteiger partial charge in [-0.25, -0.2) is 0 Å². The van der Waals surface area contributed by atoms with E-state index in [1.54, 1.807) is 0 Å².